The predicted octanol–water partition coefficient (Wildman–Crippen LogP) is 1.87. The van der Waals surface area contributed by atoms with Crippen molar-refractivity contribution in [3.05, 3.63) is 46.1 Å². The number of imidazole rings is 1. The molecule has 0 spiro atoms. The summed E-state index contributed by atoms with van der Waals surface area (Å²) in [5.74, 6) is 0.743. The number of hydrogen-bond acceptors (Lipinski definition) is 3. The Morgan fingerprint density at radius 2 is 2.20 bits per heavy atom. The number of nitrogens with zero attached hydrogens (tertiary/aromatic N) is 2. The van der Waals surface area contributed by atoms with Gasteiger partial charge in [-0.3, -0.25) is 9.20 Å². The molecule has 0 radical (unpaired) electrons. The molecule has 5 nitrogen and oxygen atoms in total. The summed E-state index contributed by atoms with van der Waals surface area (Å²) in [4.78, 5) is 29.8. The standard InChI is InChI=1S/C15H15N3O2/c1-2-10-5-6-12-11(8-10)17-15(20)13-9-16-14(18(12)13)4-3-7-19/h5-9H,2-4H2,1H3,(H,17,20). The molecule has 0 saturated carbocycles. The smallest absolute Gasteiger partial charge is 0.274 e. The molecule has 102 valence electrons. The van der Waals surface area contributed by atoms with Crippen LogP contribution in [0.3, 0.4) is 0 Å². The molecule has 0 unspecified atom stereocenters. The van der Waals surface area contributed by atoms with E-state index in [0.29, 0.717) is 18.4 Å². The molecule has 0 aliphatic carbocycles. The van der Waals surface area contributed by atoms with Crippen LogP contribution in [0.2, 0.25) is 0 Å². The van der Waals surface area contributed by atoms with Gasteiger partial charge in [0, 0.05) is 12.8 Å². The number of carbonyl (C=O) groups excluding carboxylic acids is 1. The van der Waals surface area contributed by atoms with Gasteiger partial charge in [-0.2, -0.15) is 0 Å². The van der Waals surface area contributed by atoms with Gasteiger partial charge in [-0.25, -0.2) is 4.98 Å². The van der Waals surface area contributed by atoms with E-state index in [4.69, 9.17) is 0 Å². The molecule has 0 saturated heterocycles. The highest BCUT2D eigenvalue weighted by Crippen LogP contribution is 2.17. The van der Waals surface area contributed by atoms with E-state index in [0.717, 1.165) is 29.6 Å². The van der Waals surface area contributed by atoms with Crippen molar-refractivity contribution in [2.45, 2.75) is 26.2 Å². The normalized spacial score (nSPS) is 11.2. The summed E-state index contributed by atoms with van der Waals surface area (Å²) >= 11 is 0. The first-order valence-electron chi connectivity index (χ1n) is 6.69. The Bertz CT molecular complexity index is 845. The van der Waals surface area contributed by atoms with Gasteiger partial charge < -0.3 is 9.78 Å². The van der Waals surface area contributed by atoms with Gasteiger partial charge in [0.15, 0.2) is 0 Å². The molecule has 0 atom stereocenters. The van der Waals surface area contributed by atoms with E-state index in [1.807, 2.05) is 22.6 Å². The summed E-state index contributed by atoms with van der Waals surface area (Å²) < 4.78 is 1.84. The maximum atomic E-state index is 12.1. The minimum absolute atomic E-state index is 0.157. The number of aldehydes is 1. The molecule has 2 aromatic heterocycles. The number of aromatic amines is 1. The van der Waals surface area contributed by atoms with Crippen molar-refractivity contribution in [3.8, 4) is 0 Å². The van der Waals surface area contributed by atoms with Crippen LogP contribution in [0.4, 0.5) is 0 Å². The number of hydrogen-bond donors (Lipinski definition) is 1. The van der Waals surface area contributed by atoms with Gasteiger partial charge in [0.2, 0.25) is 0 Å². The molecule has 2 heterocycles. The zero-order valence-corrected chi connectivity index (χ0v) is 11.2. The number of aromatic nitrogens is 3. The molecular weight excluding hydrogens is 254 g/mol. The third kappa shape index (κ3) is 1.91. The van der Waals surface area contributed by atoms with Crippen molar-refractivity contribution in [1.82, 2.24) is 14.4 Å². The Morgan fingerprint density at radius 1 is 1.35 bits per heavy atom. The van der Waals surface area contributed by atoms with Crippen molar-refractivity contribution < 1.29 is 4.79 Å². The number of rotatable bonds is 4. The van der Waals surface area contributed by atoms with E-state index in [-0.39, 0.29) is 5.56 Å². The average Bonchev–Trinajstić information content (AvgIpc) is 2.89. The summed E-state index contributed by atoms with van der Waals surface area (Å²) in [5, 5.41) is 0. The van der Waals surface area contributed by atoms with Crippen LogP contribution in [0, 0.1) is 0 Å². The van der Waals surface area contributed by atoms with Crippen LogP contribution in [-0.2, 0) is 17.6 Å². The molecule has 1 N–H and O–H groups in total. The van der Waals surface area contributed by atoms with Crippen LogP contribution in [0.15, 0.2) is 29.2 Å². The van der Waals surface area contributed by atoms with Crippen LogP contribution in [0.5, 0.6) is 0 Å². The molecule has 3 aromatic rings. The summed E-state index contributed by atoms with van der Waals surface area (Å²) in [6.45, 7) is 2.07. The van der Waals surface area contributed by atoms with Crippen molar-refractivity contribution in [2.24, 2.45) is 0 Å². The third-order valence-corrected chi connectivity index (χ3v) is 3.51. The number of carbonyl (C=O) groups is 1. The van der Waals surface area contributed by atoms with Gasteiger partial charge in [0.1, 0.15) is 17.6 Å². The molecule has 3 rings (SSSR count). The summed E-state index contributed by atoms with van der Waals surface area (Å²) in [6.07, 6.45) is 4.28. The van der Waals surface area contributed by atoms with Crippen LogP contribution in [0.25, 0.3) is 16.6 Å². The number of nitrogens with one attached hydrogen (secondary N) is 1. The average molecular weight is 269 g/mol. The fraction of sp³-hybridized carbons (Fsp3) is 0.267. The van der Waals surface area contributed by atoms with Gasteiger partial charge in [0.25, 0.3) is 5.56 Å². The molecule has 0 amide bonds. The predicted molar refractivity (Wildman–Crippen MR) is 77.1 cm³/mol. The summed E-state index contributed by atoms with van der Waals surface area (Å²) in [6, 6.07) is 6.02. The van der Waals surface area contributed by atoms with E-state index in [9.17, 15) is 9.59 Å². The largest absolute Gasteiger partial charge is 0.319 e. The van der Waals surface area contributed by atoms with E-state index >= 15 is 0 Å². The highest BCUT2D eigenvalue weighted by molar-refractivity contribution is 5.79. The highest BCUT2D eigenvalue weighted by atomic mass is 16.1. The van der Waals surface area contributed by atoms with Crippen molar-refractivity contribution in [2.75, 3.05) is 0 Å². The zero-order valence-electron chi connectivity index (χ0n) is 11.2. The quantitative estimate of drug-likeness (QED) is 0.735. The monoisotopic (exact) mass is 269 g/mol. The summed E-state index contributed by atoms with van der Waals surface area (Å²) in [5.41, 5.74) is 3.24. The lowest BCUT2D eigenvalue weighted by atomic mass is 10.1. The second-order valence-corrected chi connectivity index (χ2v) is 4.76. The van der Waals surface area contributed by atoms with E-state index in [1.165, 1.54) is 5.56 Å². The second kappa shape index (κ2) is 4.92. The minimum Gasteiger partial charge on any atom is -0.319 e. The fourth-order valence-corrected chi connectivity index (χ4v) is 2.47. The summed E-state index contributed by atoms with van der Waals surface area (Å²) in [7, 11) is 0. The maximum Gasteiger partial charge on any atom is 0.274 e. The van der Waals surface area contributed by atoms with Crippen molar-refractivity contribution in [1.29, 1.82) is 0 Å². The van der Waals surface area contributed by atoms with Crippen molar-refractivity contribution >= 4 is 22.8 Å². The number of H-pyrrole nitrogens is 1. The van der Waals surface area contributed by atoms with Gasteiger partial charge in [-0.05, 0) is 24.1 Å². The third-order valence-electron chi connectivity index (χ3n) is 3.51. The zero-order chi connectivity index (χ0) is 14.1. The Hall–Kier alpha value is -2.43. The van der Waals surface area contributed by atoms with Crippen LogP contribution >= 0.6 is 0 Å². The number of benzene rings is 1. The Labute approximate surface area is 115 Å². The molecule has 5 heteroatoms. The van der Waals surface area contributed by atoms with Gasteiger partial charge in [-0.15, -0.1) is 0 Å². The van der Waals surface area contributed by atoms with E-state index < -0.39 is 0 Å². The molecule has 20 heavy (non-hydrogen) atoms. The van der Waals surface area contributed by atoms with E-state index in [1.54, 1.807) is 6.20 Å². The Morgan fingerprint density at radius 3 is 2.95 bits per heavy atom. The molecule has 0 fully saturated rings. The SMILES string of the molecule is CCc1ccc2c(c1)[nH]c(=O)c1cnc(CCC=O)n12. The first kappa shape index (κ1) is 12.6. The molecule has 0 aliphatic heterocycles. The lowest BCUT2D eigenvalue weighted by molar-refractivity contribution is -0.107. The number of aryl methyl sites for hydroxylation is 2. The molecule has 0 bridgehead atoms. The molecular formula is C15H15N3O2. The minimum atomic E-state index is -0.157. The van der Waals surface area contributed by atoms with Crippen LogP contribution in [0.1, 0.15) is 24.7 Å². The van der Waals surface area contributed by atoms with Gasteiger partial charge >= 0.3 is 0 Å². The first-order valence-corrected chi connectivity index (χ1v) is 6.69. The van der Waals surface area contributed by atoms with Crippen molar-refractivity contribution in [3.63, 3.8) is 0 Å². The van der Waals surface area contributed by atoms with Gasteiger partial charge in [0.05, 0.1) is 17.2 Å². The topological polar surface area (TPSA) is 67.2 Å². The highest BCUT2D eigenvalue weighted by Gasteiger charge is 2.10. The van der Waals surface area contributed by atoms with Crippen LogP contribution in [-0.4, -0.2) is 20.7 Å². The number of fused-ring (bicyclic) bond motifs is 3. The molecule has 0 aliphatic rings. The fourth-order valence-electron chi connectivity index (χ4n) is 2.47. The second-order valence-electron chi connectivity index (χ2n) is 4.76. The van der Waals surface area contributed by atoms with E-state index in [2.05, 4.69) is 16.9 Å². The Balaban J connectivity index is 2.34. The lowest BCUT2D eigenvalue weighted by Crippen LogP contribution is -2.11. The van der Waals surface area contributed by atoms with Gasteiger partial charge in [-0.1, -0.05) is 13.0 Å². The molecule has 1 aromatic carbocycles. The maximum absolute atomic E-state index is 12.1. The lowest BCUT2D eigenvalue weighted by Gasteiger charge is -2.06. The Kier molecular flexibility index (Phi) is 3.10. The first-order chi connectivity index (χ1) is 9.74. The van der Waals surface area contributed by atoms with Crippen LogP contribution < -0.4 is 5.56 Å².